The van der Waals surface area contributed by atoms with Crippen molar-refractivity contribution in [3.8, 4) is 11.1 Å². The van der Waals surface area contributed by atoms with E-state index >= 15 is 0 Å². The van der Waals surface area contributed by atoms with Gasteiger partial charge in [-0.25, -0.2) is 9.18 Å². The predicted octanol–water partition coefficient (Wildman–Crippen LogP) is 3.68. The Morgan fingerprint density at radius 3 is 2.35 bits per heavy atom. The first-order valence-corrected chi connectivity index (χ1v) is 6.15. The number of carboxylic acids is 1. The van der Waals surface area contributed by atoms with Crippen molar-refractivity contribution in [3.63, 3.8) is 0 Å². The van der Waals surface area contributed by atoms with Crippen molar-refractivity contribution < 1.29 is 14.3 Å². The summed E-state index contributed by atoms with van der Waals surface area (Å²) in [5, 5.41) is 9.97. The van der Waals surface area contributed by atoms with Gasteiger partial charge in [0.05, 0.1) is 0 Å². The Morgan fingerprint density at radius 2 is 1.70 bits per heavy atom. The predicted molar refractivity (Wildman–Crippen MR) is 75.3 cm³/mol. The first kappa shape index (κ1) is 12.4. The summed E-state index contributed by atoms with van der Waals surface area (Å²) in [6.07, 6.45) is 0. The number of hydrogen-bond donors (Lipinski definition) is 1. The molecule has 3 rings (SSSR count). The molecule has 0 aliphatic carbocycles. The summed E-state index contributed by atoms with van der Waals surface area (Å²) in [4.78, 5) is 11.1. The van der Waals surface area contributed by atoms with Crippen LogP contribution in [0.3, 0.4) is 0 Å². The largest absolute Gasteiger partial charge is 0.477 e. The third-order valence-corrected chi connectivity index (χ3v) is 3.44. The lowest BCUT2D eigenvalue weighted by molar-refractivity contribution is 0.0687. The van der Waals surface area contributed by atoms with Crippen LogP contribution < -0.4 is 0 Å². The molecule has 100 valence electrons. The minimum absolute atomic E-state index is 0.247. The Labute approximate surface area is 114 Å². The zero-order valence-corrected chi connectivity index (χ0v) is 10.8. The normalized spacial score (nSPS) is 10.9. The average Bonchev–Trinajstić information content (AvgIpc) is 2.77. The van der Waals surface area contributed by atoms with Crippen molar-refractivity contribution in [1.82, 2.24) is 4.57 Å². The second-order valence-electron chi connectivity index (χ2n) is 4.67. The molecule has 0 aliphatic heterocycles. The Balaban J connectivity index is 2.15. The first-order valence-electron chi connectivity index (χ1n) is 6.15. The molecule has 1 N–H and O–H groups in total. The molecule has 0 aliphatic rings. The fraction of sp³-hybridized carbons (Fsp3) is 0.0625. The monoisotopic (exact) mass is 269 g/mol. The third-order valence-electron chi connectivity index (χ3n) is 3.44. The molecule has 2 aromatic carbocycles. The lowest BCUT2D eigenvalue weighted by Gasteiger charge is -2.03. The van der Waals surface area contributed by atoms with Gasteiger partial charge in [0.25, 0.3) is 0 Å². The smallest absolute Gasteiger partial charge is 0.352 e. The van der Waals surface area contributed by atoms with Crippen LogP contribution in [0.2, 0.25) is 0 Å². The van der Waals surface area contributed by atoms with E-state index in [4.69, 9.17) is 5.11 Å². The molecular weight excluding hydrogens is 257 g/mol. The van der Waals surface area contributed by atoms with E-state index in [-0.39, 0.29) is 11.5 Å². The summed E-state index contributed by atoms with van der Waals surface area (Å²) in [6, 6.07) is 13.6. The van der Waals surface area contributed by atoms with Crippen molar-refractivity contribution in [2.75, 3.05) is 0 Å². The van der Waals surface area contributed by atoms with Gasteiger partial charge in [0.15, 0.2) is 0 Å². The lowest BCUT2D eigenvalue weighted by Crippen LogP contribution is -2.03. The zero-order chi connectivity index (χ0) is 14.3. The number of rotatable bonds is 2. The second kappa shape index (κ2) is 4.49. The lowest BCUT2D eigenvalue weighted by atomic mass is 10.0. The number of halogens is 1. The molecule has 0 radical (unpaired) electrons. The molecule has 3 nitrogen and oxygen atoms in total. The van der Waals surface area contributed by atoms with E-state index in [0.717, 1.165) is 22.0 Å². The molecule has 20 heavy (non-hydrogen) atoms. The van der Waals surface area contributed by atoms with Crippen LogP contribution in [0.1, 0.15) is 10.5 Å². The minimum atomic E-state index is -0.952. The molecule has 0 fully saturated rings. The number of fused-ring (bicyclic) bond motifs is 1. The van der Waals surface area contributed by atoms with Crippen LogP contribution in [0, 0.1) is 5.82 Å². The molecule has 0 amide bonds. The summed E-state index contributed by atoms with van der Waals surface area (Å²) in [7, 11) is 1.73. The number of carboxylic acid groups (broad SMARTS) is 1. The van der Waals surface area contributed by atoms with Crippen LogP contribution in [0.5, 0.6) is 0 Å². The molecule has 1 heterocycles. The van der Waals surface area contributed by atoms with Gasteiger partial charge in [-0.05, 0) is 41.5 Å². The van der Waals surface area contributed by atoms with E-state index in [1.54, 1.807) is 29.8 Å². The molecule has 3 aromatic rings. The van der Waals surface area contributed by atoms with Gasteiger partial charge in [0.1, 0.15) is 11.5 Å². The van der Waals surface area contributed by atoms with E-state index in [1.165, 1.54) is 12.1 Å². The van der Waals surface area contributed by atoms with Crippen LogP contribution in [0.4, 0.5) is 4.39 Å². The topological polar surface area (TPSA) is 42.2 Å². The quantitative estimate of drug-likeness (QED) is 0.771. The van der Waals surface area contributed by atoms with Gasteiger partial charge in [0.2, 0.25) is 0 Å². The maximum atomic E-state index is 12.9. The molecule has 0 spiro atoms. The Hall–Kier alpha value is -2.62. The van der Waals surface area contributed by atoms with E-state index in [9.17, 15) is 9.18 Å². The summed E-state index contributed by atoms with van der Waals surface area (Å²) in [6.45, 7) is 0. The zero-order valence-electron chi connectivity index (χ0n) is 10.8. The van der Waals surface area contributed by atoms with Crippen LogP contribution in [-0.2, 0) is 7.05 Å². The van der Waals surface area contributed by atoms with Crippen molar-refractivity contribution in [3.05, 3.63) is 60.0 Å². The molecule has 0 atom stereocenters. The Morgan fingerprint density at radius 1 is 1.05 bits per heavy atom. The first-order chi connectivity index (χ1) is 9.56. The highest BCUT2D eigenvalue weighted by atomic mass is 19.1. The maximum Gasteiger partial charge on any atom is 0.352 e. The number of hydrogen-bond acceptors (Lipinski definition) is 1. The summed E-state index contributed by atoms with van der Waals surface area (Å²) >= 11 is 0. The fourth-order valence-corrected chi connectivity index (χ4v) is 2.38. The molecular formula is C16H12FNO2. The minimum Gasteiger partial charge on any atom is -0.477 e. The highest BCUT2D eigenvalue weighted by molar-refractivity contribution is 5.96. The number of aromatic nitrogens is 1. The van der Waals surface area contributed by atoms with E-state index < -0.39 is 5.97 Å². The van der Waals surface area contributed by atoms with Crippen LogP contribution >= 0.6 is 0 Å². The van der Waals surface area contributed by atoms with Gasteiger partial charge < -0.3 is 9.67 Å². The second-order valence-corrected chi connectivity index (χ2v) is 4.67. The van der Waals surface area contributed by atoms with Crippen molar-refractivity contribution in [2.45, 2.75) is 0 Å². The third kappa shape index (κ3) is 1.95. The van der Waals surface area contributed by atoms with Crippen molar-refractivity contribution in [1.29, 1.82) is 0 Å². The summed E-state index contributed by atoms with van der Waals surface area (Å²) in [5.41, 5.74) is 2.93. The summed E-state index contributed by atoms with van der Waals surface area (Å²) < 4.78 is 14.6. The molecule has 1 aromatic heterocycles. The number of nitrogens with zero attached hydrogens (tertiary/aromatic N) is 1. The van der Waals surface area contributed by atoms with Gasteiger partial charge in [-0.3, -0.25) is 0 Å². The molecule has 4 heteroatoms. The molecule has 0 saturated heterocycles. The maximum absolute atomic E-state index is 12.9. The number of aromatic carboxylic acids is 1. The number of aryl methyl sites for hydroxylation is 1. The number of benzene rings is 2. The average molecular weight is 269 g/mol. The van der Waals surface area contributed by atoms with Crippen LogP contribution in [0.15, 0.2) is 48.5 Å². The van der Waals surface area contributed by atoms with Crippen molar-refractivity contribution in [2.24, 2.45) is 7.05 Å². The van der Waals surface area contributed by atoms with Gasteiger partial charge in [-0.15, -0.1) is 0 Å². The SMILES string of the molecule is Cn1c(C(=O)O)cc2cc(-c3ccc(F)cc3)ccc21. The van der Waals surface area contributed by atoms with E-state index in [1.807, 2.05) is 18.2 Å². The highest BCUT2D eigenvalue weighted by Gasteiger charge is 2.12. The molecule has 0 unspecified atom stereocenters. The fourth-order valence-electron chi connectivity index (χ4n) is 2.38. The number of carbonyl (C=O) groups is 1. The van der Waals surface area contributed by atoms with Gasteiger partial charge in [0, 0.05) is 18.0 Å². The van der Waals surface area contributed by atoms with Crippen LogP contribution in [0.25, 0.3) is 22.0 Å². The molecule has 0 bridgehead atoms. The van der Waals surface area contributed by atoms with E-state index in [0.29, 0.717) is 0 Å². The van der Waals surface area contributed by atoms with Gasteiger partial charge in [-0.1, -0.05) is 18.2 Å². The van der Waals surface area contributed by atoms with Gasteiger partial charge >= 0.3 is 5.97 Å². The summed E-state index contributed by atoms with van der Waals surface area (Å²) in [5.74, 6) is -1.23. The van der Waals surface area contributed by atoms with E-state index in [2.05, 4.69) is 0 Å². The van der Waals surface area contributed by atoms with Gasteiger partial charge in [-0.2, -0.15) is 0 Å². The highest BCUT2D eigenvalue weighted by Crippen LogP contribution is 2.26. The molecule has 0 saturated carbocycles. The Kier molecular flexibility index (Phi) is 2.79. The van der Waals surface area contributed by atoms with Crippen molar-refractivity contribution >= 4 is 16.9 Å². The van der Waals surface area contributed by atoms with Crippen LogP contribution in [-0.4, -0.2) is 15.6 Å². The standard InChI is InChI=1S/C16H12FNO2/c1-18-14-7-4-11(10-2-5-13(17)6-3-10)8-12(14)9-15(18)16(19)20/h2-9H,1H3,(H,19,20). The Bertz CT molecular complexity index is 803.